The fourth-order valence-corrected chi connectivity index (χ4v) is 1.91. The zero-order chi connectivity index (χ0) is 13.5. The maximum Gasteiger partial charge on any atom is 0.0753 e. The molecule has 1 aromatic heterocycles. The monoisotopic (exact) mass is 257 g/mol. The van der Waals surface area contributed by atoms with Gasteiger partial charge in [0.25, 0.3) is 0 Å². The highest BCUT2D eigenvalue weighted by Gasteiger charge is 2.06. The summed E-state index contributed by atoms with van der Waals surface area (Å²) in [6, 6.07) is 8.56. The summed E-state index contributed by atoms with van der Waals surface area (Å²) in [5.74, 6) is 0. The van der Waals surface area contributed by atoms with Crippen molar-refractivity contribution in [2.24, 2.45) is 0 Å². The van der Waals surface area contributed by atoms with E-state index in [9.17, 15) is 0 Å². The average Bonchev–Trinajstić information content (AvgIpc) is 2.46. The molecule has 0 fully saturated rings. The van der Waals surface area contributed by atoms with Crippen molar-refractivity contribution in [3.8, 4) is 0 Å². The summed E-state index contributed by atoms with van der Waals surface area (Å²) in [6.45, 7) is 3.53. The van der Waals surface area contributed by atoms with Gasteiger partial charge in [0.1, 0.15) is 0 Å². The Morgan fingerprint density at radius 3 is 2.84 bits per heavy atom. The van der Waals surface area contributed by atoms with E-state index >= 15 is 0 Å². The molecule has 1 heterocycles. The van der Waals surface area contributed by atoms with Crippen LogP contribution in [-0.2, 0) is 17.9 Å². The summed E-state index contributed by atoms with van der Waals surface area (Å²) >= 11 is 0. The van der Waals surface area contributed by atoms with Gasteiger partial charge in [0, 0.05) is 38.3 Å². The Morgan fingerprint density at radius 2 is 2.11 bits per heavy atom. The smallest absolute Gasteiger partial charge is 0.0753 e. The molecule has 4 nitrogen and oxygen atoms in total. The summed E-state index contributed by atoms with van der Waals surface area (Å²) in [6.07, 6.45) is 5.19. The summed E-state index contributed by atoms with van der Waals surface area (Å²) in [5.41, 5.74) is 3.38. The average molecular weight is 257 g/mol. The van der Waals surface area contributed by atoms with Crippen LogP contribution in [0.5, 0.6) is 0 Å². The van der Waals surface area contributed by atoms with E-state index in [0.717, 1.165) is 12.2 Å². The Labute approximate surface area is 113 Å². The van der Waals surface area contributed by atoms with Gasteiger partial charge in [-0.1, -0.05) is 24.3 Å². The molecule has 0 bridgehead atoms. The SMILES string of the molecule is COCc1cccc(CNC(C)c2cnccn2)c1. The zero-order valence-corrected chi connectivity index (χ0v) is 11.3. The standard InChI is InChI=1S/C15H19N3O/c1-12(15-10-16-6-7-17-15)18-9-13-4-3-5-14(8-13)11-19-2/h3-8,10,12,18H,9,11H2,1-2H3. The molecule has 1 atom stereocenters. The zero-order valence-electron chi connectivity index (χ0n) is 11.3. The maximum atomic E-state index is 5.14. The van der Waals surface area contributed by atoms with Gasteiger partial charge in [0.05, 0.1) is 12.3 Å². The fourth-order valence-electron chi connectivity index (χ4n) is 1.91. The molecule has 0 spiro atoms. The van der Waals surface area contributed by atoms with Crippen molar-refractivity contribution < 1.29 is 4.74 Å². The molecule has 19 heavy (non-hydrogen) atoms. The molecule has 0 saturated heterocycles. The maximum absolute atomic E-state index is 5.14. The lowest BCUT2D eigenvalue weighted by molar-refractivity contribution is 0.185. The van der Waals surface area contributed by atoms with Crippen molar-refractivity contribution in [3.63, 3.8) is 0 Å². The Balaban J connectivity index is 1.93. The highest BCUT2D eigenvalue weighted by atomic mass is 16.5. The van der Waals surface area contributed by atoms with Crippen LogP contribution >= 0.6 is 0 Å². The molecule has 0 radical (unpaired) electrons. The number of rotatable bonds is 6. The molecule has 0 aliphatic carbocycles. The Hall–Kier alpha value is -1.78. The van der Waals surface area contributed by atoms with Gasteiger partial charge in [0.2, 0.25) is 0 Å². The van der Waals surface area contributed by atoms with E-state index in [-0.39, 0.29) is 6.04 Å². The van der Waals surface area contributed by atoms with Crippen LogP contribution < -0.4 is 5.32 Å². The number of hydrogen-bond donors (Lipinski definition) is 1. The van der Waals surface area contributed by atoms with Crippen molar-refractivity contribution >= 4 is 0 Å². The van der Waals surface area contributed by atoms with Crippen molar-refractivity contribution in [1.82, 2.24) is 15.3 Å². The summed E-state index contributed by atoms with van der Waals surface area (Å²) in [4.78, 5) is 8.37. The Kier molecular flexibility index (Phi) is 5.01. The van der Waals surface area contributed by atoms with Crippen LogP contribution in [0.2, 0.25) is 0 Å². The summed E-state index contributed by atoms with van der Waals surface area (Å²) < 4.78 is 5.14. The van der Waals surface area contributed by atoms with E-state index in [0.29, 0.717) is 6.61 Å². The molecular weight excluding hydrogens is 238 g/mol. The number of aromatic nitrogens is 2. The predicted octanol–water partition coefficient (Wildman–Crippen LogP) is 2.47. The van der Waals surface area contributed by atoms with Crippen LogP contribution in [0, 0.1) is 0 Å². The fraction of sp³-hybridized carbons (Fsp3) is 0.333. The molecule has 0 saturated carbocycles. The van der Waals surface area contributed by atoms with Crippen LogP contribution in [0.1, 0.15) is 29.8 Å². The molecule has 0 amide bonds. The summed E-state index contributed by atoms with van der Waals surface area (Å²) in [7, 11) is 1.71. The molecule has 1 unspecified atom stereocenters. The molecule has 2 aromatic rings. The minimum Gasteiger partial charge on any atom is -0.380 e. The van der Waals surface area contributed by atoms with E-state index in [2.05, 4.69) is 46.5 Å². The van der Waals surface area contributed by atoms with E-state index in [1.165, 1.54) is 11.1 Å². The second kappa shape index (κ2) is 6.97. The third-order valence-electron chi connectivity index (χ3n) is 2.94. The molecule has 0 aliphatic rings. The number of ether oxygens (including phenoxy) is 1. The van der Waals surface area contributed by atoms with Crippen molar-refractivity contribution in [1.29, 1.82) is 0 Å². The third-order valence-corrected chi connectivity index (χ3v) is 2.94. The predicted molar refractivity (Wildman–Crippen MR) is 74.4 cm³/mol. The minimum absolute atomic E-state index is 0.180. The van der Waals surface area contributed by atoms with Gasteiger partial charge in [-0.15, -0.1) is 0 Å². The molecular formula is C15H19N3O. The summed E-state index contributed by atoms with van der Waals surface area (Å²) in [5, 5.41) is 3.44. The van der Waals surface area contributed by atoms with Gasteiger partial charge >= 0.3 is 0 Å². The normalized spacial score (nSPS) is 12.3. The number of methoxy groups -OCH3 is 1. The first-order valence-corrected chi connectivity index (χ1v) is 6.35. The highest BCUT2D eigenvalue weighted by molar-refractivity contribution is 5.23. The minimum atomic E-state index is 0.180. The van der Waals surface area contributed by atoms with Crippen molar-refractivity contribution in [3.05, 3.63) is 59.7 Å². The van der Waals surface area contributed by atoms with E-state index in [1.807, 2.05) is 0 Å². The number of benzene rings is 1. The van der Waals surface area contributed by atoms with Crippen LogP contribution in [-0.4, -0.2) is 17.1 Å². The van der Waals surface area contributed by atoms with Crippen LogP contribution in [0.3, 0.4) is 0 Å². The van der Waals surface area contributed by atoms with E-state index in [1.54, 1.807) is 25.7 Å². The van der Waals surface area contributed by atoms with Gasteiger partial charge < -0.3 is 10.1 Å². The van der Waals surface area contributed by atoms with Crippen LogP contribution in [0.25, 0.3) is 0 Å². The topological polar surface area (TPSA) is 47.0 Å². The molecule has 1 aromatic carbocycles. The van der Waals surface area contributed by atoms with Crippen molar-refractivity contribution in [2.75, 3.05) is 7.11 Å². The van der Waals surface area contributed by atoms with Gasteiger partial charge in [0.15, 0.2) is 0 Å². The molecule has 1 N–H and O–H groups in total. The molecule has 2 rings (SSSR count). The lowest BCUT2D eigenvalue weighted by Gasteiger charge is -2.13. The molecule has 4 heteroatoms. The third kappa shape index (κ3) is 4.12. The highest BCUT2D eigenvalue weighted by Crippen LogP contribution is 2.10. The Morgan fingerprint density at radius 1 is 1.26 bits per heavy atom. The molecule has 100 valence electrons. The van der Waals surface area contributed by atoms with Gasteiger partial charge in [-0.2, -0.15) is 0 Å². The van der Waals surface area contributed by atoms with E-state index in [4.69, 9.17) is 4.74 Å². The Bertz CT molecular complexity index is 502. The first-order chi connectivity index (χ1) is 9.29. The molecule has 0 aliphatic heterocycles. The van der Waals surface area contributed by atoms with E-state index < -0.39 is 0 Å². The lowest BCUT2D eigenvalue weighted by Crippen LogP contribution is -2.19. The number of nitrogens with one attached hydrogen (secondary N) is 1. The lowest BCUT2D eigenvalue weighted by atomic mass is 10.1. The van der Waals surface area contributed by atoms with Gasteiger partial charge in [-0.05, 0) is 18.1 Å². The quantitative estimate of drug-likeness (QED) is 0.863. The van der Waals surface area contributed by atoms with Crippen LogP contribution in [0.4, 0.5) is 0 Å². The van der Waals surface area contributed by atoms with Crippen molar-refractivity contribution in [2.45, 2.75) is 26.1 Å². The number of hydrogen-bond acceptors (Lipinski definition) is 4. The first-order valence-electron chi connectivity index (χ1n) is 6.35. The van der Waals surface area contributed by atoms with Crippen LogP contribution in [0.15, 0.2) is 42.9 Å². The van der Waals surface area contributed by atoms with Gasteiger partial charge in [-0.3, -0.25) is 9.97 Å². The second-order valence-corrected chi connectivity index (χ2v) is 4.49. The second-order valence-electron chi connectivity index (χ2n) is 4.49. The first kappa shape index (κ1) is 13.6. The number of nitrogens with zero attached hydrogens (tertiary/aromatic N) is 2. The van der Waals surface area contributed by atoms with Gasteiger partial charge in [-0.25, -0.2) is 0 Å². The largest absolute Gasteiger partial charge is 0.380 e.